The van der Waals surface area contributed by atoms with E-state index < -0.39 is 12.0 Å². The first-order chi connectivity index (χ1) is 7.04. The second-order valence-electron chi connectivity index (χ2n) is 2.94. The Hall–Kier alpha value is -1.63. The van der Waals surface area contributed by atoms with E-state index in [1.807, 2.05) is 0 Å². The zero-order chi connectivity index (χ0) is 11.1. The van der Waals surface area contributed by atoms with Gasteiger partial charge in [-0.15, -0.1) is 10.2 Å². The van der Waals surface area contributed by atoms with Crippen LogP contribution in [0.5, 0.6) is 0 Å². The summed E-state index contributed by atoms with van der Waals surface area (Å²) >= 11 is 0. The summed E-state index contributed by atoms with van der Waals surface area (Å²) in [6, 6.07) is 4.54. The monoisotopic (exact) mass is 216 g/mol. The molecule has 0 atom stereocenters. The van der Waals surface area contributed by atoms with Crippen molar-refractivity contribution in [2.75, 3.05) is 0 Å². The largest absolute Gasteiger partial charge is 0.452 e. The third-order valence-corrected chi connectivity index (χ3v) is 1.97. The van der Waals surface area contributed by atoms with Gasteiger partial charge in [0.25, 0.3) is 0 Å². The van der Waals surface area contributed by atoms with Gasteiger partial charge in [0.05, 0.1) is 0 Å². The maximum absolute atomic E-state index is 12.5. The van der Waals surface area contributed by atoms with Gasteiger partial charge in [-0.2, -0.15) is 13.2 Å². The molecule has 0 saturated carbocycles. The topological polar surface area (TPSA) is 56.2 Å². The zero-order valence-electron chi connectivity index (χ0n) is 7.49. The lowest BCUT2D eigenvalue weighted by Crippen LogP contribution is -2.14. The molecule has 0 aliphatic heterocycles. The zero-order valence-corrected chi connectivity index (χ0v) is 7.49. The Morgan fingerprint density at radius 1 is 1.27 bits per heavy atom. The van der Waals surface area contributed by atoms with Crippen LogP contribution in [0.3, 0.4) is 0 Å². The predicted molar refractivity (Wildman–Crippen MR) is 45.9 cm³/mol. The maximum Gasteiger partial charge on any atom is 0.452 e. The molecular weight excluding hydrogens is 209 g/mol. The second-order valence-corrected chi connectivity index (χ2v) is 2.94. The molecule has 4 nitrogen and oxygen atoms in total. The molecule has 2 aromatic rings. The van der Waals surface area contributed by atoms with Crippen molar-refractivity contribution in [2.45, 2.75) is 12.7 Å². The Bertz CT molecular complexity index is 488. The summed E-state index contributed by atoms with van der Waals surface area (Å²) in [5.41, 5.74) is 5.81. The molecule has 15 heavy (non-hydrogen) atoms. The van der Waals surface area contributed by atoms with Crippen molar-refractivity contribution in [1.82, 2.24) is 14.6 Å². The van der Waals surface area contributed by atoms with E-state index >= 15 is 0 Å². The number of nitrogens with zero attached hydrogens (tertiary/aromatic N) is 3. The van der Waals surface area contributed by atoms with Crippen molar-refractivity contribution in [2.24, 2.45) is 5.73 Å². The number of pyridine rings is 1. The van der Waals surface area contributed by atoms with Crippen LogP contribution >= 0.6 is 0 Å². The van der Waals surface area contributed by atoms with Gasteiger partial charge in [-0.05, 0) is 12.1 Å². The van der Waals surface area contributed by atoms with Gasteiger partial charge >= 0.3 is 6.18 Å². The molecule has 2 N–H and O–H groups in total. The minimum Gasteiger partial charge on any atom is -0.325 e. The molecule has 80 valence electrons. The Labute approximate surface area is 82.5 Å². The molecule has 0 radical (unpaired) electrons. The van der Waals surface area contributed by atoms with E-state index in [0.717, 1.165) is 4.40 Å². The van der Waals surface area contributed by atoms with Gasteiger partial charge in [-0.1, -0.05) is 6.07 Å². The van der Waals surface area contributed by atoms with E-state index in [1.54, 1.807) is 6.07 Å². The maximum atomic E-state index is 12.5. The molecule has 0 amide bonds. The highest BCUT2D eigenvalue weighted by Crippen LogP contribution is 2.28. The van der Waals surface area contributed by atoms with Crippen LogP contribution in [0.1, 0.15) is 11.5 Å². The highest BCUT2D eigenvalue weighted by Gasteiger charge is 2.37. The van der Waals surface area contributed by atoms with Crippen LogP contribution in [0, 0.1) is 0 Å². The summed E-state index contributed by atoms with van der Waals surface area (Å²) in [6.45, 7) is -0.00153. The molecule has 0 aliphatic carbocycles. The van der Waals surface area contributed by atoms with Gasteiger partial charge in [0.15, 0.2) is 5.65 Å². The highest BCUT2D eigenvalue weighted by atomic mass is 19.4. The highest BCUT2D eigenvalue weighted by molar-refractivity contribution is 5.40. The number of hydrogen-bond acceptors (Lipinski definition) is 3. The van der Waals surface area contributed by atoms with Crippen LogP contribution in [0.2, 0.25) is 0 Å². The summed E-state index contributed by atoms with van der Waals surface area (Å²) in [5, 5.41) is 6.54. The summed E-state index contributed by atoms with van der Waals surface area (Å²) < 4.78 is 38.4. The van der Waals surface area contributed by atoms with Crippen LogP contribution < -0.4 is 5.73 Å². The van der Waals surface area contributed by atoms with E-state index in [0.29, 0.717) is 5.69 Å². The Morgan fingerprint density at radius 3 is 2.60 bits per heavy atom. The quantitative estimate of drug-likeness (QED) is 0.779. The first kappa shape index (κ1) is 9.91. The van der Waals surface area contributed by atoms with Gasteiger partial charge in [-0.3, -0.25) is 4.40 Å². The molecule has 0 aliphatic rings. The van der Waals surface area contributed by atoms with E-state index in [4.69, 9.17) is 5.73 Å². The number of halogens is 3. The minimum atomic E-state index is -4.52. The van der Waals surface area contributed by atoms with Gasteiger partial charge in [-0.25, -0.2) is 0 Å². The third-order valence-electron chi connectivity index (χ3n) is 1.97. The number of aromatic nitrogens is 3. The van der Waals surface area contributed by atoms with Crippen molar-refractivity contribution in [3.8, 4) is 0 Å². The second kappa shape index (κ2) is 3.20. The Kier molecular flexibility index (Phi) is 2.11. The fourth-order valence-corrected chi connectivity index (χ4v) is 1.35. The molecule has 0 unspecified atom stereocenters. The number of fused-ring (bicyclic) bond motifs is 1. The first-order valence-electron chi connectivity index (χ1n) is 4.14. The van der Waals surface area contributed by atoms with Crippen molar-refractivity contribution in [3.63, 3.8) is 0 Å². The number of hydrogen-bond donors (Lipinski definition) is 1. The van der Waals surface area contributed by atoms with Crippen molar-refractivity contribution in [1.29, 1.82) is 0 Å². The molecule has 0 spiro atoms. The van der Waals surface area contributed by atoms with Crippen molar-refractivity contribution in [3.05, 3.63) is 29.7 Å². The molecule has 2 heterocycles. The van der Waals surface area contributed by atoms with Crippen LogP contribution in [0.15, 0.2) is 18.2 Å². The third kappa shape index (κ3) is 1.54. The minimum absolute atomic E-state index is 0.00153. The molecule has 0 aromatic carbocycles. The molecule has 7 heteroatoms. The van der Waals surface area contributed by atoms with Gasteiger partial charge < -0.3 is 5.73 Å². The summed E-state index contributed by atoms with van der Waals surface area (Å²) in [5.74, 6) is -1.04. The fraction of sp³-hybridized carbons (Fsp3) is 0.250. The average molecular weight is 216 g/mol. The van der Waals surface area contributed by atoms with E-state index in [-0.39, 0.29) is 12.2 Å². The molecular formula is C8H7F3N4. The molecule has 0 fully saturated rings. The van der Waals surface area contributed by atoms with Crippen LogP contribution in [-0.2, 0) is 12.7 Å². The molecule has 0 saturated heterocycles. The van der Waals surface area contributed by atoms with Gasteiger partial charge in [0.1, 0.15) is 0 Å². The Morgan fingerprint density at radius 2 is 2.00 bits per heavy atom. The van der Waals surface area contributed by atoms with Crippen molar-refractivity contribution < 1.29 is 13.2 Å². The lowest BCUT2D eigenvalue weighted by Gasteiger charge is -2.07. The Balaban J connectivity index is 2.77. The molecule has 0 bridgehead atoms. The first-order valence-corrected chi connectivity index (χ1v) is 4.14. The van der Waals surface area contributed by atoms with Gasteiger partial charge in [0.2, 0.25) is 5.82 Å². The van der Waals surface area contributed by atoms with E-state index in [2.05, 4.69) is 10.2 Å². The van der Waals surface area contributed by atoms with Crippen LogP contribution in [0.25, 0.3) is 5.65 Å². The lowest BCUT2D eigenvalue weighted by molar-refractivity contribution is -0.145. The smallest absolute Gasteiger partial charge is 0.325 e. The summed E-state index contributed by atoms with van der Waals surface area (Å²) in [4.78, 5) is 0. The average Bonchev–Trinajstić information content (AvgIpc) is 2.59. The molecule has 2 aromatic heterocycles. The summed E-state index contributed by atoms with van der Waals surface area (Å²) in [6.07, 6.45) is -4.52. The standard InChI is InChI=1S/C8H7F3N4/c9-8(10,11)7-14-13-6-3-1-2-5(4-12)15(6)7/h1-3H,4,12H2. The number of rotatable bonds is 1. The lowest BCUT2D eigenvalue weighted by atomic mass is 10.3. The van der Waals surface area contributed by atoms with E-state index in [9.17, 15) is 13.2 Å². The summed E-state index contributed by atoms with van der Waals surface area (Å²) in [7, 11) is 0. The molecule has 2 rings (SSSR count). The number of nitrogens with two attached hydrogens (primary N) is 1. The van der Waals surface area contributed by atoms with Crippen LogP contribution in [0.4, 0.5) is 13.2 Å². The van der Waals surface area contributed by atoms with E-state index in [1.165, 1.54) is 12.1 Å². The van der Waals surface area contributed by atoms with Gasteiger partial charge in [0, 0.05) is 12.2 Å². The number of alkyl halides is 3. The fourth-order valence-electron chi connectivity index (χ4n) is 1.35. The van der Waals surface area contributed by atoms with Crippen LogP contribution in [-0.4, -0.2) is 14.6 Å². The predicted octanol–water partition coefficient (Wildman–Crippen LogP) is 1.21. The SMILES string of the molecule is NCc1cccc2nnc(C(F)(F)F)n12. The van der Waals surface area contributed by atoms with Crippen molar-refractivity contribution >= 4 is 5.65 Å². The normalized spacial score (nSPS) is 12.3.